The maximum Gasteiger partial charge on any atom is 0.406 e. The summed E-state index contributed by atoms with van der Waals surface area (Å²) in [4.78, 5) is 13.9. The molecule has 0 fully saturated rings. The van der Waals surface area contributed by atoms with Gasteiger partial charge in [0, 0.05) is 13.6 Å². The highest BCUT2D eigenvalue weighted by molar-refractivity contribution is 5.54. The monoisotopic (exact) mass is 268 g/mol. The van der Waals surface area contributed by atoms with Gasteiger partial charge in [-0.2, -0.15) is 13.2 Å². The summed E-state index contributed by atoms with van der Waals surface area (Å²) in [6.45, 7) is -2.33. The summed E-state index contributed by atoms with van der Waals surface area (Å²) in [5.74, 6) is -0.957. The molecule has 1 N–H and O–H groups in total. The van der Waals surface area contributed by atoms with Crippen LogP contribution < -0.4 is 4.90 Å². The summed E-state index contributed by atoms with van der Waals surface area (Å²) >= 11 is 0. The van der Waals surface area contributed by atoms with Gasteiger partial charge in [-0.3, -0.25) is 4.57 Å². The molecule has 7 nitrogen and oxygen atoms in total. The number of nitro groups is 1. The maximum absolute atomic E-state index is 12.4. The number of rotatable bonds is 5. The van der Waals surface area contributed by atoms with Gasteiger partial charge in [0.05, 0.1) is 6.61 Å². The van der Waals surface area contributed by atoms with E-state index in [9.17, 15) is 23.3 Å². The fraction of sp³-hybridized carbons (Fsp3) is 0.625. The highest BCUT2D eigenvalue weighted by Crippen LogP contribution is 2.28. The number of aliphatic hydroxyl groups excluding tert-OH is 1. The molecule has 1 heterocycles. The second kappa shape index (κ2) is 5.21. The molecule has 1 aromatic rings. The number of aliphatic hydroxyl groups is 1. The molecule has 18 heavy (non-hydrogen) atoms. The van der Waals surface area contributed by atoms with Crippen molar-refractivity contribution in [3.05, 3.63) is 16.4 Å². The Morgan fingerprint density at radius 3 is 2.67 bits per heavy atom. The lowest BCUT2D eigenvalue weighted by atomic mass is 10.4. The number of anilines is 1. The van der Waals surface area contributed by atoms with Crippen molar-refractivity contribution in [3.63, 3.8) is 0 Å². The van der Waals surface area contributed by atoms with Crippen LogP contribution in [-0.4, -0.2) is 45.5 Å². The molecule has 0 aliphatic carbocycles. The first kappa shape index (κ1) is 14.2. The van der Waals surface area contributed by atoms with Crippen molar-refractivity contribution in [2.45, 2.75) is 6.18 Å². The van der Waals surface area contributed by atoms with Crippen LogP contribution in [0.5, 0.6) is 0 Å². The summed E-state index contributed by atoms with van der Waals surface area (Å²) in [7, 11) is 1.34. The highest BCUT2D eigenvalue weighted by Gasteiger charge is 2.35. The van der Waals surface area contributed by atoms with Crippen molar-refractivity contribution in [3.8, 4) is 0 Å². The Labute approximate surface area is 99.6 Å². The molecule has 0 aliphatic rings. The molecule has 0 amide bonds. The van der Waals surface area contributed by atoms with Crippen LogP contribution in [0.4, 0.5) is 24.8 Å². The standard InChI is InChI=1S/C8H11F3N4O3/c1-13-5-12-6(15(17)18)7(13)14(2-3-16)4-8(9,10)11/h5,16H,2-4H2,1H3. The van der Waals surface area contributed by atoms with Crippen LogP contribution in [0.2, 0.25) is 0 Å². The van der Waals surface area contributed by atoms with Crippen LogP contribution in [0.15, 0.2) is 6.33 Å². The topological polar surface area (TPSA) is 84.4 Å². The predicted octanol–water partition coefficient (Wildman–Crippen LogP) is 0.689. The van der Waals surface area contributed by atoms with Crippen molar-refractivity contribution < 1.29 is 23.2 Å². The Hall–Kier alpha value is -1.84. The van der Waals surface area contributed by atoms with Crippen LogP contribution in [-0.2, 0) is 7.05 Å². The van der Waals surface area contributed by atoms with E-state index < -0.39 is 30.1 Å². The van der Waals surface area contributed by atoms with E-state index in [4.69, 9.17) is 5.11 Å². The van der Waals surface area contributed by atoms with E-state index in [1.807, 2.05) is 0 Å². The minimum Gasteiger partial charge on any atom is -0.395 e. The van der Waals surface area contributed by atoms with Gasteiger partial charge in [0.1, 0.15) is 6.54 Å². The average molecular weight is 268 g/mol. The van der Waals surface area contributed by atoms with E-state index in [1.54, 1.807) is 0 Å². The first-order chi connectivity index (χ1) is 8.26. The van der Waals surface area contributed by atoms with Gasteiger partial charge < -0.3 is 20.1 Å². The molecule has 1 rings (SSSR count). The van der Waals surface area contributed by atoms with Crippen molar-refractivity contribution in [2.75, 3.05) is 24.6 Å². The molecule has 0 aromatic carbocycles. The highest BCUT2D eigenvalue weighted by atomic mass is 19.4. The molecule has 0 bridgehead atoms. The average Bonchev–Trinajstić information content (AvgIpc) is 2.57. The molecular formula is C8H11F3N4O3. The third kappa shape index (κ3) is 3.32. The lowest BCUT2D eigenvalue weighted by molar-refractivity contribution is -0.388. The third-order valence-electron chi connectivity index (χ3n) is 2.10. The molecule has 0 unspecified atom stereocenters. The molecule has 0 aliphatic heterocycles. The number of aromatic nitrogens is 2. The Morgan fingerprint density at radius 2 is 2.22 bits per heavy atom. The first-order valence-corrected chi connectivity index (χ1v) is 4.84. The fourth-order valence-electron chi connectivity index (χ4n) is 1.50. The predicted molar refractivity (Wildman–Crippen MR) is 55.2 cm³/mol. The largest absolute Gasteiger partial charge is 0.406 e. The molecule has 0 spiro atoms. The zero-order valence-corrected chi connectivity index (χ0v) is 9.39. The number of halogens is 3. The molecule has 0 radical (unpaired) electrons. The summed E-state index contributed by atoms with van der Waals surface area (Å²) < 4.78 is 38.2. The quantitative estimate of drug-likeness (QED) is 0.627. The van der Waals surface area contributed by atoms with Gasteiger partial charge in [-0.1, -0.05) is 0 Å². The molecule has 10 heteroatoms. The number of aryl methyl sites for hydroxylation is 1. The zero-order chi connectivity index (χ0) is 13.9. The molecular weight excluding hydrogens is 257 g/mol. The minimum absolute atomic E-state index is 0.286. The zero-order valence-electron chi connectivity index (χ0n) is 9.39. The lowest BCUT2D eigenvalue weighted by Crippen LogP contribution is -2.37. The van der Waals surface area contributed by atoms with Crippen LogP contribution in [0.3, 0.4) is 0 Å². The third-order valence-corrected chi connectivity index (χ3v) is 2.10. The molecule has 0 atom stereocenters. The lowest BCUT2D eigenvalue weighted by Gasteiger charge is -2.23. The van der Waals surface area contributed by atoms with E-state index in [2.05, 4.69) is 4.98 Å². The Balaban J connectivity index is 3.12. The normalized spacial score (nSPS) is 11.6. The Bertz CT molecular complexity index is 432. The molecule has 102 valence electrons. The summed E-state index contributed by atoms with van der Waals surface area (Å²) in [6.07, 6.45) is -3.48. The van der Waals surface area contributed by atoms with Crippen LogP contribution >= 0.6 is 0 Å². The van der Waals surface area contributed by atoms with Gasteiger partial charge in [-0.25, -0.2) is 0 Å². The van der Waals surface area contributed by atoms with Crippen molar-refractivity contribution in [1.29, 1.82) is 0 Å². The number of nitrogens with zero attached hydrogens (tertiary/aromatic N) is 4. The van der Waals surface area contributed by atoms with E-state index in [1.165, 1.54) is 7.05 Å². The van der Waals surface area contributed by atoms with Gasteiger partial charge >= 0.3 is 12.0 Å². The summed E-state index contributed by atoms with van der Waals surface area (Å²) in [5.41, 5.74) is 0. The smallest absolute Gasteiger partial charge is 0.395 e. The number of hydrogen-bond donors (Lipinski definition) is 1. The number of hydrogen-bond acceptors (Lipinski definition) is 5. The van der Waals surface area contributed by atoms with Crippen LogP contribution in [0, 0.1) is 10.1 Å². The summed E-state index contributed by atoms with van der Waals surface area (Å²) in [5, 5.41) is 19.4. The maximum atomic E-state index is 12.4. The SMILES string of the molecule is Cn1cnc([N+](=O)[O-])c1N(CCO)CC(F)(F)F. The Kier molecular flexibility index (Phi) is 4.11. The second-order valence-electron chi connectivity index (χ2n) is 3.52. The second-order valence-corrected chi connectivity index (χ2v) is 3.52. The van der Waals surface area contributed by atoms with Crippen molar-refractivity contribution in [1.82, 2.24) is 9.55 Å². The number of imidazole rings is 1. The van der Waals surface area contributed by atoms with Gasteiger partial charge in [0.2, 0.25) is 12.1 Å². The Morgan fingerprint density at radius 1 is 1.61 bits per heavy atom. The van der Waals surface area contributed by atoms with Gasteiger partial charge in [0.15, 0.2) is 0 Å². The van der Waals surface area contributed by atoms with E-state index in [0.29, 0.717) is 4.90 Å². The van der Waals surface area contributed by atoms with Gasteiger partial charge in [-0.05, 0) is 9.91 Å². The van der Waals surface area contributed by atoms with E-state index in [-0.39, 0.29) is 12.4 Å². The van der Waals surface area contributed by atoms with Gasteiger partial charge in [0.25, 0.3) is 0 Å². The van der Waals surface area contributed by atoms with Crippen LogP contribution in [0.25, 0.3) is 0 Å². The van der Waals surface area contributed by atoms with E-state index in [0.717, 1.165) is 10.9 Å². The molecule has 0 saturated carbocycles. The van der Waals surface area contributed by atoms with Crippen molar-refractivity contribution in [2.24, 2.45) is 7.05 Å². The van der Waals surface area contributed by atoms with E-state index >= 15 is 0 Å². The van der Waals surface area contributed by atoms with Gasteiger partial charge in [-0.15, -0.1) is 0 Å². The first-order valence-electron chi connectivity index (χ1n) is 4.84. The molecule has 1 aromatic heterocycles. The minimum atomic E-state index is -4.53. The van der Waals surface area contributed by atoms with Crippen LogP contribution in [0.1, 0.15) is 0 Å². The molecule has 0 saturated heterocycles. The fourth-order valence-corrected chi connectivity index (χ4v) is 1.50. The van der Waals surface area contributed by atoms with Crippen molar-refractivity contribution >= 4 is 11.6 Å². The summed E-state index contributed by atoms with van der Waals surface area (Å²) in [6, 6.07) is 0. The number of alkyl halides is 3.